The van der Waals surface area contributed by atoms with E-state index in [1.165, 1.54) is 30.3 Å². The molecule has 0 spiro atoms. The first-order valence-corrected chi connectivity index (χ1v) is 13.3. The lowest BCUT2D eigenvalue weighted by Gasteiger charge is -2.24. The Balaban J connectivity index is 1.38. The van der Waals surface area contributed by atoms with Gasteiger partial charge in [-0.15, -0.1) is 0 Å². The van der Waals surface area contributed by atoms with E-state index >= 15 is 0 Å². The number of carbonyl (C=O) groups is 3. The summed E-state index contributed by atoms with van der Waals surface area (Å²) in [6.45, 7) is 2.30. The van der Waals surface area contributed by atoms with Gasteiger partial charge in [-0.2, -0.15) is 4.72 Å². The molecule has 1 aromatic heterocycles. The van der Waals surface area contributed by atoms with Gasteiger partial charge in [-0.3, -0.25) is 14.4 Å². The number of anilines is 1. The molecule has 2 heterocycles. The first-order chi connectivity index (χ1) is 18.2. The number of hydrogen-bond donors (Lipinski definition) is 4. The van der Waals surface area contributed by atoms with Crippen LogP contribution in [0.3, 0.4) is 0 Å². The van der Waals surface area contributed by atoms with Crippen LogP contribution in [-0.2, 0) is 21.4 Å². The van der Waals surface area contributed by atoms with E-state index in [2.05, 4.69) is 20.3 Å². The first kappa shape index (κ1) is 26.8. The van der Waals surface area contributed by atoms with Gasteiger partial charge in [-0.25, -0.2) is 13.4 Å². The fourth-order valence-electron chi connectivity index (χ4n) is 3.98. The third kappa shape index (κ3) is 6.15. The quantitative estimate of drug-likeness (QED) is 0.288. The average molecular weight is 538 g/mol. The predicted molar refractivity (Wildman–Crippen MR) is 139 cm³/mol. The fourth-order valence-corrected chi connectivity index (χ4v) is 5.19. The Morgan fingerprint density at radius 1 is 1.05 bits per heavy atom. The van der Waals surface area contributed by atoms with Gasteiger partial charge in [-0.1, -0.05) is 30.3 Å². The molecule has 0 aliphatic carbocycles. The van der Waals surface area contributed by atoms with Gasteiger partial charge in [0, 0.05) is 43.0 Å². The number of carboxylic acid groups (broad SMARTS) is 1. The van der Waals surface area contributed by atoms with Crippen LogP contribution in [0.15, 0.2) is 77.8 Å². The Bertz CT molecular complexity index is 1430. The molecule has 0 saturated carbocycles. The Morgan fingerprint density at radius 3 is 2.47 bits per heavy atom. The minimum Gasteiger partial charge on any atom is -0.480 e. The van der Waals surface area contributed by atoms with Crippen LogP contribution >= 0.6 is 0 Å². The Labute approximate surface area is 219 Å². The smallest absolute Gasteiger partial charge is 0.323 e. The molecular formula is C26H27N5O6S. The van der Waals surface area contributed by atoms with Crippen LogP contribution < -0.4 is 15.4 Å². The SMILES string of the molecule is C[C@H](CNc1ccccn1)N1Cc2ccc(C(=O)NC[C@H](NS(=O)(=O)c3ccccc3)C(=O)O)cc2C1=O. The van der Waals surface area contributed by atoms with E-state index in [0.717, 1.165) is 5.56 Å². The van der Waals surface area contributed by atoms with Gasteiger partial charge in [0.2, 0.25) is 10.0 Å². The molecule has 4 N–H and O–H groups in total. The summed E-state index contributed by atoms with van der Waals surface area (Å²) in [6, 6.07) is 15.8. The van der Waals surface area contributed by atoms with E-state index in [-0.39, 0.29) is 22.4 Å². The largest absolute Gasteiger partial charge is 0.480 e. The lowest BCUT2D eigenvalue weighted by atomic mass is 10.1. The van der Waals surface area contributed by atoms with Gasteiger partial charge in [-0.05, 0) is 48.9 Å². The van der Waals surface area contributed by atoms with E-state index in [4.69, 9.17) is 0 Å². The van der Waals surface area contributed by atoms with E-state index < -0.39 is 34.5 Å². The molecule has 12 heteroatoms. The second kappa shape index (κ2) is 11.4. The normalized spacial score (nSPS) is 14.4. The summed E-state index contributed by atoms with van der Waals surface area (Å²) in [7, 11) is -4.11. The number of pyridine rings is 1. The summed E-state index contributed by atoms with van der Waals surface area (Å²) in [5, 5.41) is 15.1. The molecule has 2 amide bonds. The van der Waals surface area contributed by atoms with Crippen molar-refractivity contribution in [1.29, 1.82) is 0 Å². The Hall–Kier alpha value is -4.29. The molecule has 0 fully saturated rings. The summed E-state index contributed by atoms with van der Waals surface area (Å²) >= 11 is 0. The lowest BCUT2D eigenvalue weighted by molar-refractivity contribution is -0.138. The molecule has 11 nitrogen and oxygen atoms in total. The number of fused-ring (bicyclic) bond motifs is 1. The molecular weight excluding hydrogens is 510 g/mol. The maximum Gasteiger partial charge on any atom is 0.323 e. The summed E-state index contributed by atoms with van der Waals surface area (Å²) < 4.78 is 27.1. The van der Waals surface area contributed by atoms with Crippen molar-refractivity contribution in [2.24, 2.45) is 0 Å². The van der Waals surface area contributed by atoms with Gasteiger partial charge < -0.3 is 20.6 Å². The van der Waals surface area contributed by atoms with Crippen molar-refractivity contribution in [2.45, 2.75) is 30.4 Å². The van der Waals surface area contributed by atoms with Gasteiger partial charge in [0.1, 0.15) is 11.9 Å². The highest BCUT2D eigenvalue weighted by Gasteiger charge is 2.32. The van der Waals surface area contributed by atoms with Gasteiger partial charge in [0.15, 0.2) is 0 Å². The fraction of sp³-hybridized carbons (Fsp3) is 0.231. The number of carbonyl (C=O) groups excluding carboxylic acids is 2. The summed E-state index contributed by atoms with van der Waals surface area (Å²) in [4.78, 5) is 43.3. The van der Waals surface area contributed by atoms with Crippen molar-refractivity contribution < 1.29 is 27.9 Å². The lowest BCUT2D eigenvalue weighted by Crippen LogP contribution is -2.48. The summed E-state index contributed by atoms with van der Waals surface area (Å²) in [5.74, 6) is -1.59. The molecule has 0 unspecified atom stereocenters. The molecule has 198 valence electrons. The minimum atomic E-state index is -4.11. The van der Waals surface area contributed by atoms with Gasteiger partial charge in [0.25, 0.3) is 11.8 Å². The van der Waals surface area contributed by atoms with Crippen LogP contribution in [0.2, 0.25) is 0 Å². The van der Waals surface area contributed by atoms with Gasteiger partial charge >= 0.3 is 5.97 Å². The number of aliphatic carboxylic acids is 1. The molecule has 0 radical (unpaired) electrons. The van der Waals surface area contributed by atoms with E-state index in [1.807, 2.05) is 25.1 Å². The minimum absolute atomic E-state index is 0.0938. The average Bonchev–Trinajstić information content (AvgIpc) is 3.26. The van der Waals surface area contributed by atoms with E-state index in [1.54, 1.807) is 29.3 Å². The van der Waals surface area contributed by atoms with Crippen molar-refractivity contribution >= 4 is 33.6 Å². The van der Waals surface area contributed by atoms with Crippen LogP contribution in [0, 0.1) is 0 Å². The standard InChI is InChI=1S/C26H27N5O6S/c1-17(14-28-23-9-5-6-12-27-23)31-16-19-11-10-18(13-21(19)25(31)33)24(32)29-15-22(26(34)35)30-38(36,37)20-7-3-2-4-8-20/h2-13,17,22,30H,14-16H2,1H3,(H,27,28)(H,29,32)(H,34,35)/t17-,22+/m1/s1. The molecule has 2 atom stereocenters. The number of nitrogens with zero attached hydrogens (tertiary/aromatic N) is 2. The molecule has 2 aromatic carbocycles. The number of amides is 2. The van der Waals surface area contributed by atoms with Crippen molar-refractivity contribution in [2.75, 3.05) is 18.4 Å². The van der Waals surface area contributed by atoms with Crippen molar-refractivity contribution in [1.82, 2.24) is 19.9 Å². The van der Waals surface area contributed by atoms with Crippen molar-refractivity contribution in [3.05, 3.63) is 89.6 Å². The molecule has 4 rings (SSSR count). The Kier molecular flexibility index (Phi) is 8.03. The van der Waals surface area contributed by atoms with Crippen LogP contribution in [0.4, 0.5) is 5.82 Å². The third-order valence-corrected chi connectivity index (χ3v) is 7.58. The van der Waals surface area contributed by atoms with Crippen LogP contribution in [0.5, 0.6) is 0 Å². The molecule has 3 aromatic rings. The number of aromatic nitrogens is 1. The van der Waals surface area contributed by atoms with Crippen molar-refractivity contribution in [3.63, 3.8) is 0 Å². The number of hydrogen-bond acceptors (Lipinski definition) is 7. The number of nitrogens with one attached hydrogen (secondary N) is 3. The number of rotatable bonds is 11. The van der Waals surface area contributed by atoms with Crippen molar-refractivity contribution in [3.8, 4) is 0 Å². The highest BCUT2D eigenvalue weighted by Crippen LogP contribution is 2.26. The molecule has 1 aliphatic heterocycles. The molecule has 0 bridgehead atoms. The highest BCUT2D eigenvalue weighted by molar-refractivity contribution is 7.89. The molecule has 0 saturated heterocycles. The van der Waals surface area contributed by atoms with Crippen LogP contribution in [0.25, 0.3) is 0 Å². The second-order valence-electron chi connectivity index (χ2n) is 8.79. The Morgan fingerprint density at radius 2 is 1.79 bits per heavy atom. The topological polar surface area (TPSA) is 158 Å². The predicted octanol–water partition coefficient (Wildman–Crippen LogP) is 1.70. The second-order valence-corrected chi connectivity index (χ2v) is 10.5. The highest BCUT2D eigenvalue weighted by atomic mass is 32.2. The van der Waals surface area contributed by atoms with Gasteiger partial charge in [0.05, 0.1) is 4.90 Å². The first-order valence-electron chi connectivity index (χ1n) is 11.8. The maximum atomic E-state index is 13.1. The molecule has 38 heavy (non-hydrogen) atoms. The maximum absolute atomic E-state index is 13.1. The summed E-state index contributed by atoms with van der Waals surface area (Å²) in [5.41, 5.74) is 1.32. The zero-order chi connectivity index (χ0) is 27.3. The number of benzene rings is 2. The summed E-state index contributed by atoms with van der Waals surface area (Å²) in [6.07, 6.45) is 1.67. The van der Waals surface area contributed by atoms with E-state index in [9.17, 15) is 27.9 Å². The van der Waals surface area contributed by atoms with E-state index in [0.29, 0.717) is 24.5 Å². The number of sulfonamides is 1. The zero-order valence-electron chi connectivity index (χ0n) is 20.5. The van der Waals surface area contributed by atoms with Crippen LogP contribution in [-0.4, -0.2) is 66.4 Å². The third-order valence-electron chi connectivity index (χ3n) is 6.10. The molecule has 1 aliphatic rings. The zero-order valence-corrected chi connectivity index (χ0v) is 21.3. The monoisotopic (exact) mass is 537 g/mol. The number of carboxylic acids is 1. The van der Waals surface area contributed by atoms with Crippen LogP contribution in [0.1, 0.15) is 33.2 Å².